The Bertz CT molecular complexity index is 534. The van der Waals surface area contributed by atoms with E-state index in [1.165, 1.54) is 12.8 Å². The molecule has 6 nitrogen and oxygen atoms in total. The zero-order valence-corrected chi connectivity index (χ0v) is 15.0. The monoisotopic (exact) mass is 350 g/mol. The van der Waals surface area contributed by atoms with Crippen molar-refractivity contribution in [2.24, 2.45) is 5.92 Å². The van der Waals surface area contributed by atoms with Crippen LogP contribution < -0.4 is 5.32 Å². The molecule has 2 aliphatic carbocycles. The van der Waals surface area contributed by atoms with Crippen molar-refractivity contribution in [1.82, 2.24) is 10.2 Å². The molecule has 4 aliphatic rings. The summed E-state index contributed by atoms with van der Waals surface area (Å²) in [7, 11) is 0. The molecule has 1 atom stereocenters. The van der Waals surface area contributed by atoms with E-state index >= 15 is 0 Å². The molecule has 2 N–H and O–H groups in total. The van der Waals surface area contributed by atoms with E-state index in [0.717, 1.165) is 51.5 Å². The Labute approximate surface area is 149 Å². The van der Waals surface area contributed by atoms with Gasteiger partial charge in [0, 0.05) is 19.6 Å². The molecule has 1 spiro atoms. The zero-order chi connectivity index (χ0) is 17.5. The van der Waals surface area contributed by atoms with Crippen LogP contribution in [0, 0.1) is 5.92 Å². The average Bonchev–Trinajstić information content (AvgIpc) is 3.32. The number of amides is 2. The predicted molar refractivity (Wildman–Crippen MR) is 91.8 cm³/mol. The molecular weight excluding hydrogens is 320 g/mol. The fourth-order valence-corrected chi connectivity index (χ4v) is 4.37. The first kappa shape index (κ1) is 17.3. The number of nitrogens with one attached hydrogen (secondary N) is 1. The minimum atomic E-state index is -0.749. The third-order valence-electron chi connectivity index (χ3n) is 6.60. The van der Waals surface area contributed by atoms with E-state index in [2.05, 4.69) is 5.32 Å². The standard InChI is InChI=1S/C19H30N2O4/c22-16(12-18(24)5-1-6-18)21-10-8-19(9-11-21)7-4-15(25-19)17(23)20-13-14-2-3-14/h14-15,24H,1-13H2,(H,20,23). The molecule has 2 saturated carbocycles. The molecule has 0 radical (unpaired) electrons. The first-order chi connectivity index (χ1) is 12.0. The minimum Gasteiger partial charge on any atom is -0.389 e. The van der Waals surface area contributed by atoms with Gasteiger partial charge in [-0.1, -0.05) is 0 Å². The lowest BCUT2D eigenvalue weighted by Crippen LogP contribution is -2.50. The van der Waals surface area contributed by atoms with Crippen LogP contribution in [0.5, 0.6) is 0 Å². The number of nitrogens with zero attached hydrogens (tertiary/aromatic N) is 1. The summed E-state index contributed by atoms with van der Waals surface area (Å²) >= 11 is 0. The molecule has 2 heterocycles. The number of hydrogen-bond donors (Lipinski definition) is 2. The van der Waals surface area contributed by atoms with Gasteiger partial charge in [-0.3, -0.25) is 9.59 Å². The Balaban J connectivity index is 1.23. The van der Waals surface area contributed by atoms with Gasteiger partial charge in [-0.2, -0.15) is 0 Å². The summed E-state index contributed by atoms with van der Waals surface area (Å²) in [6.07, 6.45) is 8.19. The third-order valence-corrected chi connectivity index (χ3v) is 6.60. The van der Waals surface area contributed by atoms with Gasteiger partial charge in [-0.15, -0.1) is 0 Å². The highest BCUT2D eigenvalue weighted by Crippen LogP contribution is 2.40. The first-order valence-corrected chi connectivity index (χ1v) is 9.93. The smallest absolute Gasteiger partial charge is 0.249 e. The molecular formula is C19H30N2O4. The van der Waals surface area contributed by atoms with Gasteiger partial charge in [0.05, 0.1) is 17.6 Å². The molecule has 0 bridgehead atoms. The Kier molecular flexibility index (Phi) is 4.52. The largest absolute Gasteiger partial charge is 0.389 e. The molecule has 1 unspecified atom stereocenters. The molecule has 140 valence electrons. The van der Waals surface area contributed by atoms with E-state index < -0.39 is 5.60 Å². The van der Waals surface area contributed by atoms with Crippen LogP contribution in [-0.2, 0) is 14.3 Å². The molecule has 25 heavy (non-hydrogen) atoms. The number of rotatable bonds is 5. The van der Waals surface area contributed by atoms with Crippen molar-refractivity contribution in [1.29, 1.82) is 0 Å². The molecule has 2 saturated heterocycles. The van der Waals surface area contributed by atoms with Crippen LogP contribution in [0.3, 0.4) is 0 Å². The number of likely N-dealkylation sites (tertiary alicyclic amines) is 1. The summed E-state index contributed by atoms with van der Waals surface area (Å²) < 4.78 is 6.17. The normalized spacial score (nSPS) is 30.1. The van der Waals surface area contributed by atoms with E-state index in [1.54, 1.807) is 0 Å². The topological polar surface area (TPSA) is 78.9 Å². The molecule has 2 amide bonds. The Hall–Kier alpha value is -1.14. The van der Waals surface area contributed by atoms with E-state index in [1.807, 2.05) is 4.90 Å². The first-order valence-electron chi connectivity index (χ1n) is 9.93. The van der Waals surface area contributed by atoms with Gasteiger partial charge in [-0.05, 0) is 63.7 Å². The molecule has 0 aromatic rings. The third kappa shape index (κ3) is 3.85. The SMILES string of the molecule is O=C(NCC1CC1)C1CCC2(CCN(C(=O)CC3(O)CCC3)CC2)O1. The van der Waals surface area contributed by atoms with Crippen molar-refractivity contribution in [3.63, 3.8) is 0 Å². The van der Waals surface area contributed by atoms with E-state index in [9.17, 15) is 14.7 Å². The van der Waals surface area contributed by atoms with Crippen molar-refractivity contribution in [2.75, 3.05) is 19.6 Å². The van der Waals surface area contributed by atoms with Gasteiger partial charge in [0.1, 0.15) is 6.10 Å². The van der Waals surface area contributed by atoms with E-state index in [4.69, 9.17) is 4.74 Å². The second-order valence-corrected chi connectivity index (χ2v) is 8.65. The summed E-state index contributed by atoms with van der Waals surface area (Å²) in [4.78, 5) is 26.5. The van der Waals surface area contributed by atoms with Crippen LogP contribution in [0.4, 0.5) is 0 Å². The quantitative estimate of drug-likeness (QED) is 0.785. The number of carbonyl (C=O) groups excluding carboxylic acids is 2. The lowest BCUT2D eigenvalue weighted by Gasteiger charge is -2.41. The Morgan fingerprint density at radius 3 is 2.40 bits per heavy atom. The summed E-state index contributed by atoms with van der Waals surface area (Å²) in [6, 6.07) is 0. The van der Waals surface area contributed by atoms with Gasteiger partial charge in [0.15, 0.2) is 0 Å². The molecule has 4 rings (SSSR count). The second-order valence-electron chi connectivity index (χ2n) is 8.65. The van der Waals surface area contributed by atoms with E-state index in [-0.39, 0.29) is 29.9 Å². The molecule has 0 aromatic heterocycles. The summed E-state index contributed by atoms with van der Waals surface area (Å²) in [6.45, 7) is 2.13. The van der Waals surface area contributed by atoms with Gasteiger partial charge < -0.3 is 20.1 Å². The van der Waals surface area contributed by atoms with Crippen LogP contribution in [0.2, 0.25) is 0 Å². The maximum absolute atomic E-state index is 12.4. The van der Waals surface area contributed by atoms with Crippen molar-refractivity contribution in [3.8, 4) is 0 Å². The Morgan fingerprint density at radius 2 is 1.80 bits per heavy atom. The van der Waals surface area contributed by atoms with Crippen LogP contribution in [-0.4, -0.2) is 58.8 Å². The van der Waals surface area contributed by atoms with Crippen LogP contribution in [0.15, 0.2) is 0 Å². The highest BCUT2D eigenvalue weighted by Gasteiger charge is 2.46. The highest BCUT2D eigenvalue weighted by molar-refractivity contribution is 5.81. The summed E-state index contributed by atoms with van der Waals surface area (Å²) in [5.74, 6) is 0.780. The molecule has 0 aromatic carbocycles. The molecule has 2 aliphatic heterocycles. The number of carbonyl (C=O) groups is 2. The van der Waals surface area contributed by atoms with Crippen LogP contribution >= 0.6 is 0 Å². The second kappa shape index (κ2) is 6.54. The van der Waals surface area contributed by atoms with Crippen molar-refractivity contribution in [2.45, 2.75) is 81.5 Å². The summed E-state index contributed by atoms with van der Waals surface area (Å²) in [5, 5.41) is 13.2. The molecule has 4 fully saturated rings. The fraction of sp³-hybridized carbons (Fsp3) is 0.895. The summed E-state index contributed by atoms with van der Waals surface area (Å²) in [5.41, 5.74) is -0.980. The average molecular weight is 350 g/mol. The van der Waals surface area contributed by atoms with E-state index in [0.29, 0.717) is 19.0 Å². The molecule has 6 heteroatoms. The maximum atomic E-state index is 12.4. The number of piperidine rings is 1. The fourth-order valence-electron chi connectivity index (χ4n) is 4.37. The zero-order valence-electron chi connectivity index (χ0n) is 15.0. The lowest BCUT2D eigenvalue weighted by molar-refractivity contribution is -0.150. The predicted octanol–water partition coefficient (Wildman–Crippen LogP) is 1.36. The van der Waals surface area contributed by atoms with Crippen molar-refractivity contribution < 1.29 is 19.4 Å². The number of aliphatic hydroxyl groups is 1. The maximum Gasteiger partial charge on any atom is 0.249 e. The van der Waals surface area contributed by atoms with Gasteiger partial charge >= 0.3 is 0 Å². The van der Waals surface area contributed by atoms with Gasteiger partial charge in [-0.25, -0.2) is 0 Å². The van der Waals surface area contributed by atoms with Gasteiger partial charge in [0.25, 0.3) is 0 Å². The van der Waals surface area contributed by atoms with Crippen LogP contribution in [0.1, 0.15) is 64.2 Å². The Morgan fingerprint density at radius 1 is 1.08 bits per heavy atom. The van der Waals surface area contributed by atoms with Crippen LogP contribution in [0.25, 0.3) is 0 Å². The number of ether oxygens (including phenoxy) is 1. The lowest BCUT2D eigenvalue weighted by atomic mass is 9.77. The van der Waals surface area contributed by atoms with Gasteiger partial charge in [0.2, 0.25) is 11.8 Å². The highest BCUT2D eigenvalue weighted by atomic mass is 16.5. The van der Waals surface area contributed by atoms with Crippen molar-refractivity contribution >= 4 is 11.8 Å². The minimum absolute atomic E-state index is 0.0366. The number of hydrogen-bond acceptors (Lipinski definition) is 4. The van der Waals surface area contributed by atoms with Crippen molar-refractivity contribution in [3.05, 3.63) is 0 Å².